The van der Waals surface area contributed by atoms with Crippen molar-refractivity contribution in [1.82, 2.24) is 15.2 Å². The van der Waals surface area contributed by atoms with Gasteiger partial charge >= 0.3 is 0 Å². The molecular weight excluding hydrogens is 326 g/mol. The van der Waals surface area contributed by atoms with E-state index in [1.807, 2.05) is 54.3 Å². The summed E-state index contributed by atoms with van der Waals surface area (Å²) in [4.78, 5) is 19.3. The van der Waals surface area contributed by atoms with Gasteiger partial charge in [-0.15, -0.1) is 0 Å². The molecule has 26 heavy (non-hydrogen) atoms. The van der Waals surface area contributed by atoms with Gasteiger partial charge in [-0.3, -0.25) is 9.78 Å². The Morgan fingerprint density at radius 2 is 2.15 bits per heavy atom. The van der Waals surface area contributed by atoms with Crippen molar-refractivity contribution in [2.24, 2.45) is 0 Å². The van der Waals surface area contributed by atoms with E-state index in [-0.39, 0.29) is 18.6 Å². The Morgan fingerprint density at radius 3 is 2.96 bits per heavy atom. The number of carbonyl (C=O) groups excluding carboxylic acids is 1. The quantitative estimate of drug-likeness (QED) is 0.867. The number of aryl methyl sites for hydroxylation is 1. The van der Waals surface area contributed by atoms with Crippen LogP contribution in [0.4, 0.5) is 0 Å². The Labute approximate surface area is 155 Å². The average Bonchev–Trinajstić information content (AvgIpc) is 2.94. The Hall–Kier alpha value is -2.40. The standard InChI is InChI=1S/C21H27N3O2/c1-17-6-4-9-20(14-17)26-16-21(25)24(15-18-7-2-3-12-23-18)19-8-5-11-22-13-10-19/h2-4,6-7,9,12,14,19,22H,5,8,10-11,13,15-16H2,1H3. The summed E-state index contributed by atoms with van der Waals surface area (Å²) in [5, 5.41) is 3.41. The second kappa shape index (κ2) is 9.34. The molecule has 2 heterocycles. The number of amides is 1. The minimum absolute atomic E-state index is 0.0176. The summed E-state index contributed by atoms with van der Waals surface area (Å²) >= 11 is 0. The van der Waals surface area contributed by atoms with E-state index in [9.17, 15) is 4.79 Å². The monoisotopic (exact) mass is 353 g/mol. The molecule has 1 unspecified atom stereocenters. The molecule has 0 aliphatic carbocycles. The van der Waals surface area contributed by atoms with Crippen LogP contribution >= 0.6 is 0 Å². The van der Waals surface area contributed by atoms with Crippen molar-refractivity contribution in [3.63, 3.8) is 0 Å². The maximum Gasteiger partial charge on any atom is 0.261 e. The maximum absolute atomic E-state index is 13.0. The molecule has 1 aliphatic rings. The summed E-state index contributed by atoms with van der Waals surface area (Å²) in [6, 6.07) is 13.8. The Bertz CT molecular complexity index is 697. The summed E-state index contributed by atoms with van der Waals surface area (Å²) in [6.45, 7) is 4.56. The van der Waals surface area contributed by atoms with Gasteiger partial charge in [0.2, 0.25) is 0 Å². The maximum atomic E-state index is 13.0. The first-order valence-corrected chi connectivity index (χ1v) is 9.32. The van der Waals surface area contributed by atoms with E-state index in [1.54, 1.807) is 6.20 Å². The van der Waals surface area contributed by atoms with Crippen molar-refractivity contribution in [2.75, 3.05) is 19.7 Å². The molecule has 1 aromatic carbocycles. The van der Waals surface area contributed by atoms with E-state index < -0.39 is 0 Å². The third-order valence-electron chi connectivity index (χ3n) is 4.72. The van der Waals surface area contributed by atoms with Crippen LogP contribution in [0.3, 0.4) is 0 Å². The molecule has 138 valence electrons. The molecule has 0 radical (unpaired) electrons. The van der Waals surface area contributed by atoms with Crippen LogP contribution in [0.5, 0.6) is 5.75 Å². The van der Waals surface area contributed by atoms with Crippen LogP contribution < -0.4 is 10.1 Å². The van der Waals surface area contributed by atoms with Gasteiger partial charge in [-0.1, -0.05) is 18.2 Å². The highest BCUT2D eigenvalue weighted by molar-refractivity contribution is 5.78. The van der Waals surface area contributed by atoms with Crippen LogP contribution in [-0.4, -0.2) is 41.5 Å². The Morgan fingerprint density at radius 1 is 1.23 bits per heavy atom. The zero-order chi connectivity index (χ0) is 18.2. The van der Waals surface area contributed by atoms with Crippen molar-refractivity contribution in [1.29, 1.82) is 0 Å². The van der Waals surface area contributed by atoms with E-state index in [4.69, 9.17) is 4.74 Å². The molecule has 3 rings (SSSR count). The van der Waals surface area contributed by atoms with E-state index in [2.05, 4.69) is 10.3 Å². The summed E-state index contributed by atoms with van der Waals surface area (Å²) in [5.41, 5.74) is 2.03. The zero-order valence-corrected chi connectivity index (χ0v) is 15.4. The molecule has 5 nitrogen and oxygen atoms in total. The third kappa shape index (κ3) is 5.30. The number of hydrogen-bond acceptors (Lipinski definition) is 4. The number of rotatable bonds is 6. The van der Waals surface area contributed by atoms with Gasteiger partial charge in [-0.25, -0.2) is 0 Å². The number of ether oxygens (including phenoxy) is 1. The molecule has 0 bridgehead atoms. The molecule has 0 saturated carbocycles. The van der Waals surface area contributed by atoms with Crippen molar-refractivity contribution in [2.45, 2.75) is 38.8 Å². The number of nitrogens with one attached hydrogen (secondary N) is 1. The molecule has 1 atom stereocenters. The topological polar surface area (TPSA) is 54.5 Å². The Kier molecular flexibility index (Phi) is 6.61. The smallest absolute Gasteiger partial charge is 0.261 e. The van der Waals surface area contributed by atoms with E-state index in [0.717, 1.165) is 49.4 Å². The zero-order valence-electron chi connectivity index (χ0n) is 15.4. The lowest BCUT2D eigenvalue weighted by molar-refractivity contribution is -0.136. The van der Waals surface area contributed by atoms with Crippen LogP contribution in [0.25, 0.3) is 0 Å². The first-order valence-electron chi connectivity index (χ1n) is 9.32. The minimum Gasteiger partial charge on any atom is -0.484 e. The minimum atomic E-state index is 0.0176. The molecule has 1 aromatic heterocycles. The first kappa shape index (κ1) is 18.4. The molecular formula is C21H27N3O2. The highest BCUT2D eigenvalue weighted by Crippen LogP contribution is 2.18. The highest BCUT2D eigenvalue weighted by Gasteiger charge is 2.25. The molecule has 1 fully saturated rings. The summed E-state index contributed by atoms with van der Waals surface area (Å²) < 4.78 is 5.76. The number of hydrogen-bond donors (Lipinski definition) is 1. The first-order chi connectivity index (χ1) is 12.7. The van der Waals surface area contributed by atoms with Gasteiger partial charge in [0.1, 0.15) is 5.75 Å². The number of carbonyl (C=O) groups is 1. The van der Waals surface area contributed by atoms with Gasteiger partial charge in [0.25, 0.3) is 5.91 Å². The van der Waals surface area contributed by atoms with Crippen LogP contribution in [-0.2, 0) is 11.3 Å². The SMILES string of the molecule is Cc1cccc(OCC(=O)N(Cc2ccccn2)C2CCCNCC2)c1. The van der Waals surface area contributed by atoms with E-state index >= 15 is 0 Å². The van der Waals surface area contributed by atoms with Gasteiger partial charge in [0.15, 0.2) is 6.61 Å². The van der Waals surface area contributed by atoms with Gasteiger partial charge in [0.05, 0.1) is 12.2 Å². The molecule has 1 N–H and O–H groups in total. The number of pyridine rings is 1. The van der Waals surface area contributed by atoms with E-state index in [0.29, 0.717) is 6.54 Å². The molecule has 0 spiro atoms. The van der Waals surface area contributed by atoms with Gasteiger partial charge in [-0.2, -0.15) is 0 Å². The summed E-state index contributed by atoms with van der Waals surface area (Å²) in [5.74, 6) is 0.753. The van der Waals surface area contributed by atoms with Crippen molar-refractivity contribution >= 4 is 5.91 Å². The van der Waals surface area contributed by atoms with Crippen LogP contribution in [0.15, 0.2) is 48.7 Å². The fraction of sp³-hybridized carbons (Fsp3) is 0.429. The van der Waals surface area contributed by atoms with Gasteiger partial charge < -0.3 is 15.0 Å². The van der Waals surface area contributed by atoms with E-state index in [1.165, 1.54) is 0 Å². The second-order valence-electron chi connectivity index (χ2n) is 6.78. The summed E-state index contributed by atoms with van der Waals surface area (Å²) in [7, 11) is 0. The lowest BCUT2D eigenvalue weighted by Crippen LogP contribution is -2.43. The van der Waals surface area contributed by atoms with Crippen LogP contribution in [0, 0.1) is 6.92 Å². The number of nitrogens with zero attached hydrogens (tertiary/aromatic N) is 2. The van der Waals surface area contributed by atoms with Crippen molar-refractivity contribution < 1.29 is 9.53 Å². The highest BCUT2D eigenvalue weighted by atomic mass is 16.5. The number of benzene rings is 1. The van der Waals surface area contributed by atoms with Crippen LogP contribution in [0.1, 0.15) is 30.5 Å². The average molecular weight is 353 g/mol. The van der Waals surface area contributed by atoms with Gasteiger partial charge in [0, 0.05) is 12.2 Å². The second-order valence-corrected chi connectivity index (χ2v) is 6.78. The molecule has 1 aliphatic heterocycles. The molecule has 5 heteroatoms. The van der Waals surface area contributed by atoms with Gasteiger partial charge in [-0.05, 0) is 69.1 Å². The molecule has 1 amide bonds. The van der Waals surface area contributed by atoms with Crippen LogP contribution in [0.2, 0.25) is 0 Å². The third-order valence-corrected chi connectivity index (χ3v) is 4.72. The normalized spacial score (nSPS) is 17.3. The molecule has 2 aromatic rings. The molecule has 1 saturated heterocycles. The Balaban J connectivity index is 1.69. The fourth-order valence-electron chi connectivity index (χ4n) is 3.33. The van der Waals surface area contributed by atoms with Crippen molar-refractivity contribution in [3.05, 3.63) is 59.9 Å². The lowest BCUT2D eigenvalue weighted by Gasteiger charge is -2.31. The largest absolute Gasteiger partial charge is 0.484 e. The van der Waals surface area contributed by atoms with Crippen molar-refractivity contribution in [3.8, 4) is 5.75 Å². The number of aromatic nitrogens is 1. The lowest BCUT2D eigenvalue weighted by atomic mass is 10.1. The summed E-state index contributed by atoms with van der Waals surface area (Å²) in [6.07, 6.45) is 4.82. The predicted molar refractivity (Wildman–Crippen MR) is 102 cm³/mol. The predicted octanol–water partition coefficient (Wildman–Crippen LogP) is 2.94. The fourth-order valence-corrected chi connectivity index (χ4v) is 3.33.